The fraction of sp³-hybridized carbons (Fsp3) is 0.412. The van der Waals surface area contributed by atoms with Gasteiger partial charge in [0.05, 0.1) is 5.02 Å². The van der Waals surface area contributed by atoms with Gasteiger partial charge in [0.25, 0.3) is 5.56 Å². The minimum Gasteiger partial charge on any atom is -0.343 e. The van der Waals surface area contributed by atoms with Crippen molar-refractivity contribution in [3.8, 4) is 11.4 Å². The Hall–Kier alpha value is -2.28. The molecule has 132 valence electrons. The number of carbonyl (C=O) groups excluding carboxylic acids is 1. The topological polar surface area (TPSA) is 79.0 Å². The number of hydrogen-bond donors (Lipinski definition) is 1. The highest BCUT2D eigenvalue weighted by molar-refractivity contribution is 6.31. The molecule has 1 aromatic carbocycles. The van der Waals surface area contributed by atoms with Crippen molar-refractivity contribution in [2.24, 2.45) is 0 Å². The Morgan fingerprint density at radius 2 is 2.00 bits per heavy atom. The highest BCUT2D eigenvalue weighted by Crippen LogP contribution is 2.21. The van der Waals surface area contributed by atoms with Gasteiger partial charge in [-0.2, -0.15) is 0 Å². The van der Waals surface area contributed by atoms with E-state index in [2.05, 4.69) is 15.2 Å². The molecule has 2 aromatic rings. The van der Waals surface area contributed by atoms with E-state index in [4.69, 9.17) is 11.6 Å². The highest BCUT2D eigenvalue weighted by atomic mass is 35.5. The Labute approximate surface area is 149 Å². The van der Waals surface area contributed by atoms with Crippen molar-refractivity contribution in [2.75, 3.05) is 13.1 Å². The zero-order chi connectivity index (χ0) is 17.8. The fourth-order valence-electron chi connectivity index (χ4n) is 2.82. The molecule has 0 spiro atoms. The predicted molar refractivity (Wildman–Crippen MR) is 91.8 cm³/mol. The third-order valence-electron chi connectivity index (χ3n) is 4.24. The molecule has 0 unspecified atom stereocenters. The molecule has 6 nitrogen and oxygen atoms in total. The molecule has 0 saturated carbocycles. The van der Waals surface area contributed by atoms with E-state index in [9.17, 15) is 14.0 Å². The third-order valence-corrected chi connectivity index (χ3v) is 4.53. The first kappa shape index (κ1) is 17.5. The van der Waals surface area contributed by atoms with Gasteiger partial charge in [-0.25, -0.2) is 4.39 Å². The number of likely N-dealkylation sites (tertiary alicyclic amines) is 1. The number of aromatic nitrogens is 3. The van der Waals surface area contributed by atoms with Crippen molar-refractivity contribution < 1.29 is 9.18 Å². The molecule has 1 amide bonds. The number of piperidine rings is 1. The van der Waals surface area contributed by atoms with Crippen LogP contribution in [0.1, 0.15) is 31.4 Å². The smallest absolute Gasteiger partial charge is 0.273 e. The lowest BCUT2D eigenvalue weighted by Crippen LogP contribution is -2.36. The van der Waals surface area contributed by atoms with Crippen LogP contribution in [0.2, 0.25) is 5.02 Å². The van der Waals surface area contributed by atoms with E-state index in [1.165, 1.54) is 18.2 Å². The van der Waals surface area contributed by atoms with Crippen LogP contribution in [-0.4, -0.2) is 39.1 Å². The second-order valence-corrected chi connectivity index (χ2v) is 6.43. The van der Waals surface area contributed by atoms with E-state index in [0.29, 0.717) is 5.56 Å². The van der Waals surface area contributed by atoms with Crippen LogP contribution in [0.15, 0.2) is 23.0 Å². The first-order chi connectivity index (χ1) is 12.0. The maximum atomic E-state index is 13.2. The van der Waals surface area contributed by atoms with Gasteiger partial charge in [0.2, 0.25) is 5.91 Å². The maximum Gasteiger partial charge on any atom is 0.273 e. The minimum atomic E-state index is -0.548. The molecule has 3 rings (SSSR count). The lowest BCUT2D eigenvalue weighted by molar-refractivity contribution is -0.132. The molecule has 0 radical (unpaired) electrons. The number of benzene rings is 1. The zero-order valence-electron chi connectivity index (χ0n) is 13.6. The minimum absolute atomic E-state index is 0.0373. The number of carbonyl (C=O) groups is 1. The molecular formula is C17H18ClFN4O2. The van der Waals surface area contributed by atoms with Gasteiger partial charge in [-0.15, -0.1) is 10.2 Å². The molecule has 8 heteroatoms. The van der Waals surface area contributed by atoms with E-state index in [1.54, 1.807) is 0 Å². The molecule has 1 aliphatic rings. The molecule has 0 bridgehead atoms. The normalized spacial score (nSPS) is 14.6. The summed E-state index contributed by atoms with van der Waals surface area (Å²) >= 11 is 5.74. The second-order valence-electron chi connectivity index (χ2n) is 6.02. The number of nitrogens with zero attached hydrogens (tertiary/aromatic N) is 3. The van der Waals surface area contributed by atoms with Gasteiger partial charge in [-0.3, -0.25) is 9.59 Å². The first-order valence-corrected chi connectivity index (χ1v) is 8.61. The second kappa shape index (κ2) is 7.74. The number of H-pyrrole nitrogens is 1. The van der Waals surface area contributed by atoms with Crippen molar-refractivity contribution in [2.45, 2.75) is 32.1 Å². The summed E-state index contributed by atoms with van der Waals surface area (Å²) in [5.41, 5.74) is 0.270. The maximum absolute atomic E-state index is 13.2. The molecule has 1 fully saturated rings. The SMILES string of the molecule is O=C(CCc1nnc(-c2ccc(F)c(Cl)c2)[nH]c1=O)N1CCCCC1. The zero-order valence-corrected chi connectivity index (χ0v) is 14.4. The molecule has 1 aromatic heterocycles. The molecule has 1 aliphatic heterocycles. The van der Waals surface area contributed by atoms with Crippen LogP contribution in [0.4, 0.5) is 4.39 Å². The van der Waals surface area contributed by atoms with Gasteiger partial charge in [0.15, 0.2) is 5.82 Å². The largest absolute Gasteiger partial charge is 0.343 e. The van der Waals surface area contributed by atoms with Crippen molar-refractivity contribution in [1.82, 2.24) is 20.1 Å². The summed E-state index contributed by atoms with van der Waals surface area (Å²) < 4.78 is 13.2. The Kier molecular flexibility index (Phi) is 5.43. The van der Waals surface area contributed by atoms with Crippen LogP contribution < -0.4 is 5.56 Å². The summed E-state index contributed by atoms with van der Waals surface area (Å²) in [4.78, 5) is 28.8. The van der Waals surface area contributed by atoms with Gasteiger partial charge < -0.3 is 9.88 Å². The van der Waals surface area contributed by atoms with E-state index in [0.717, 1.165) is 32.4 Å². The van der Waals surface area contributed by atoms with Crippen LogP contribution in [0.25, 0.3) is 11.4 Å². The predicted octanol–water partition coefficient (Wildman–Crippen LogP) is 2.57. The van der Waals surface area contributed by atoms with Crippen LogP contribution in [0.3, 0.4) is 0 Å². The Balaban J connectivity index is 1.68. The van der Waals surface area contributed by atoms with Crippen LogP contribution in [-0.2, 0) is 11.2 Å². The summed E-state index contributed by atoms with van der Waals surface area (Å²) in [5.74, 6) is -0.304. The monoisotopic (exact) mass is 364 g/mol. The average molecular weight is 365 g/mol. The van der Waals surface area contributed by atoms with Crippen LogP contribution >= 0.6 is 11.6 Å². The summed E-state index contributed by atoms with van der Waals surface area (Å²) in [5, 5.41) is 7.82. The third kappa shape index (κ3) is 4.22. The Morgan fingerprint density at radius 3 is 2.68 bits per heavy atom. The molecule has 1 saturated heterocycles. The van der Waals surface area contributed by atoms with Crippen molar-refractivity contribution in [3.05, 3.63) is 45.1 Å². The fourth-order valence-corrected chi connectivity index (χ4v) is 3.00. The van der Waals surface area contributed by atoms with Crippen molar-refractivity contribution in [3.63, 3.8) is 0 Å². The summed E-state index contributed by atoms with van der Waals surface area (Å²) in [6.45, 7) is 1.57. The molecule has 0 aliphatic carbocycles. The summed E-state index contributed by atoms with van der Waals surface area (Å²) in [6, 6.07) is 4.03. The van der Waals surface area contributed by atoms with Gasteiger partial charge in [-0.1, -0.05) is 11.6 Å². The van der Waals surface area contributed by atoms with Gasteiger partial charge >= 0.3 is 0 Å². The summed E-state index contributed by atoms with van der Waals surface area (Å²) in [6.07, 6.45) is 3.69. The number of amides is 1. The van der Waals surface area contributed by atoms with E-state index < -0.39 is 11.4 Å². The lowest BCUT2D eigenvalue weighted by Gasteiger charge is -2.26. The summed E-state index contributed by atoms with van der Waals surface area (Å²) in [7, 11) is 0. The number of aryl methyl sites for hydroxylation is 1. The molecule has 2 heterocycles. The van der Waals surface area contributed by atoms with E-state index in [-0.39, 0.29) is 35.3 Å². The van der Waals surface area contributed by atoms with Gasteiger partial charge in [-0.05, 0) is 37.5 Å². The lowest BCUT2D eigenvalue weighted by atomic mass is 10.1. The van der Waals surface area contributed by atoms with Crippen molar-refractivity contribution in [1.29, 1.82) is 0 Å². The standard InChI is InChI=1S/C17H18ClFN4O2/c18-12-10-11(4-5-13(12)19)16-20-17(25)14(21-22-16)6-7-15(24)23-8-2-1-3-9-23/h4-5,10H,1-3,6-9H2,(H,20,22,25). The molecule has 25 heavy (non-hydrogen) atoms. The Bertz CT molecular complexity index is 834. The number of aromatic amines is 1. The van der Waals surface area contributed by atoms with Gasteiger partial charge in [0.1, 0.15) is 11.5 Å². The number of hydrogen-bond acceptors (Lipinski definition) is 4. The molecule has 0 atom stereocenters. The number of rotatable bonds is 4. The molecular weight excluding hydrogens is 347 g/mol. The van der Waals surface area contributed by atoms with Crippen LogP contribution in [0.5, 0.6) is 0 Å². The number of nitrogens with one attached hydrogen (secondary N) is 1. The average Bonchev–Trinajstić information content (AvgIpc) is 2.63. The Morgan fingerprint density at radius 1 is 1.24 bits per heavy atom. The first-order valence-electron chi connectivity index (χ1n) is 8.23. The van der Waals surface area contributed by atoms with Gasteiger partial charge in [0, 0.05) is 31.5 Å². The van der Waals surface area contributed by atoms with E-state index in [1.807, 2.05) is 4.90 Å². The van der Waals surface area contributed by atoms with Crippen LogP contribution in [0, 0.1) is 5.82 Å². The highest BCUT2D eigenvalue weighted by Gasteiger charge is 2.17. The molecule has 1 N–H and O–H groups in total. The van der Waals surface area contributed by atoms with Crippen molar-refractivity contribution >= 4 is 17.5 Å². The quantitative estimate of drug-likeness (QED) is 0.904. The van der Waals surface area contributed by atoms with E-state index >= 15 is 0 Å². The number of halogens is 2.